The average Bonchev–Trinajstić information content (AvgIpc) is 2.49. The number of aromatic nitrogens is 2. The van der Waals surface area contributed by atoms with Gasteiger partial charge in [0.05, 0.1) is 17.3 Å². The van der Waals surface area contributed by atoms with Crippen molar-refractivity contribution in [1.29, 1.82) is 0 Å². The van der Waals surface area contributed by atoms with Gasteiger partial charge in [0.15, 0.2) is 0 Å². The number of nitrogens with zero attached hydrogens (tertiary/aromatic N) is 2. The van der Waals surface area contributed by atoms with Crippen LogP contribution in [-0.4, -0.2) is 9.38 Å². The fourth-order valence-corrected chi connectivity index (χ4v) is 2.49. The van der Waals surface area contributed by atoms with Gasteiger partial charge in [-0.3, -0.25) is 9.20 Å². The predicted molar refractivity (Wildman–Crippen MR) is 89.7 cm³/mol. The smallest absolute Gasteiger partial charge is 0.258 e. The van der Waals surface area contributed by atoms with Gasteiger partial charge in [-0.05, 0) is 43.2 Å². The van der Waals surface area contributed by atoms with Crippen LogP contribution in [0.3, 0.4) is 0 Å². The predicted octanol–water partition coefficient (Wildman–Crippen LogP) is 3.58. The Bertz CT molecular complexity index is 902. The molecule has 1 N–H and O–H groups in total. The second-order valence-corrected chi connectivity index (χ2v) is 5.77. The molecule has 112 valence electrons. The Morgan fingerprint density at radius 3 is 2.82 bits per heavy atom. The molecule has 0 amide bonds. The zero-order valence-electron chi connectivity index (χ0n) is 12.4. The first kappa shape index (κ1) is 14.6. The third-order valence-corrected chi connectivity index (χ3v) is 3.75. The van der Waals surface area contributed by atoms with Crippen LogP contribution in [0.4, 0.5) is 5.69 Å². The van der Waals surface area contributed by atoms with Crippen molar-refractivity contribution in [3.05, 3.63) is 74.8 Å². The first-order chi connectivity index (χ1) is 10.5. The minimum Gasteiger partial charge on any atom is -0.379 e. The Kier molecular flexibility index (Phi) is 3.86. The van der Waals surface area contributed by atoms with Crippen LogP contribution in [0.25, 0.3) is 5.65 Å². The van der Waals surface area contributed by atoms with Crippen LogP contribution in [0.2, 0.25) is 5.02 Å². The molecular weight excluding hydrogens is 298 g/mol. The lowest BCUT2D eigenvalue weighted by Crippen LogP contribution is -2.16. The van der Waals surface area contributed by atoms with Gasteiger partial charge in [-0.15, -0.1) is 0 Å². The molecule has 3 rings (SSSR count). The van der Waals surface area contributed by atoms with E-state index in [2.05, 4.69) is 35.4 Å². The lowest BCUT2D eigenvalue weighted by molar-refractivity contribution is 0.970. The van der Waals surface area contributed by atoms with E-state index in [1.807, 2.05) is 6.92 Å². The molecule has 0 bridgehead atoms. The molecule has 0 atom stereocenters. The SMILES string of the molecule is Cc1ccc(C)c(NCc2cc(=O)n3cc(Cl)ccc3n2)c1. The summed E-state index contributed by atoms with van der Waals surface area (Å²) in [6.07, 6.45) is 1.58. The standard InChI is InChI=1S/C17H16ClN3O/c1-11-3-4-12(2)15(7-11)19-9-14-8-17(22)21-10-13(18)5-6-16(21)20-14/h3-8,10,19H,9H2,1-2H3. The molecule has 0 unspecified atom stereocenters. The lowest BCUT2D eigenvalue weighted by atomic mass is 10.1. The maximum Gasteiger partial charge on any atom is 0.258 e. The van der Waals surface area contributed by atoms with Crippen molar-refractivity contribution in [2.24, 2.45) is 0 Å². The number of benzene rings is 1. The number of nitrogens with one attached hydrogen (secondary N) is 1. The summed E-state index contributed by atoms with van der Waals surface area (Å²) in [4.78, 5) is 16.6. The molecule has 0 fully saturated rings. The van der Waals surface area contributed by atoms with Gasteiger partial charge in [-0.1, -0.05) is 23.7 Å². The van der Waals surface area contributed by atoms with Gasteiger partial charge in [0.1, 0.15) is 5.65 Å². The third kappa shape index (κ3) is 2.97. The van der Waals surface area contributed by atoms with Crippen molar-refractivity contribution < 1.29 is 0 Å². The maximum atomic E-state index is 12.1. The number of anilines is 1. The van der Waals surface area contributed by atoms with Crippen molar-refractivity contribution in [2.75, 3.05) is 5.32 Å². The van der Waals surface area contributed by atoms with Crippen LogP contribution >= 0.6 is 11.6 Å². The fraction of sp³-hybridized carbons (Fsp3) is 0.176. The van der Waals surface area contributed by atoms with Crippen LogP contribution in [0, 0.1) is 13.8 Å². The molecule has 0 saturated carbocycles. The van der Waals surface area contributed by atoms with Gasteiger partial charge in [0.25, 0.3) is 5.56 Å². The number of rotatable bonds is 3. The molecular formula is C17H16ClN3O. The quantitative estimate of drug-likeness (QED) is 0.804. The van der Waals surface area contributed by atoms with Gasteiger partial charge in [0, 0.05) is 18.0 Å². The summed E-state index contributed by atoms with van der Waals surface area (Å²) in [6, 6.07) is 11.2. The monoisotopic (exact) mass is 313 g/mol. The normalized spacial score (nSPS) is 10.9. The van der Waals surface area contributed by atoms with Gasteiger partial charge in [-0.25, -0.2) is 4.98 Å². The largest absolute Gasteiger partial charge is 0.379 e. The van der Waals surface area contributed by atoms with Crippen molar-refractivity contribution in [1.82, 2.24) is 9.38 Å². The van der Waals surface area contributed by atoms with Gasteiger partial charge in [-0.2, -0.15) is 0 Å². The van der Waals surface area contributed by atoms with E-state index in [9.17, 15) is 4.79 Å². The van der Waals surface area contributed by atoms with E-state index < -0.39 is 0 Å². The highest BCUT2D eigenvalue weighted by Gasteiger charge is 2.04. The molecule has 0 aliphatic rings. The number of halogens is 1. The summed E-state index contributed by atoms with van der Waals surface area (Å²) < 4.78 is 1.45. The summed E-state index contributed by atoms with van der Waals surface area (Å²) >= 11 is 5.90. The Hall–Kier alpha value is -2.33. The van der Waals surface area contributed by atoms with Crippen LogP contribution < -0.4 is 10.9 Å². The highest BCUT2D eigenvalue weighted by atomic mass is 35.5. The van der Waals surface area contributed by atoms with E-state index in [4.69, 9.17) is 11.6 Å². The number of hydrogen-bond acceptors (Lipinski definition) is 3. The number of hydrogen-bond donors (Lipinski definition) is 1. The van der Waals surface area contributed by atoms with Crippen LogP contribution in [0.1, 0.15) is 16.8 Å². The second-order valence-electron chi connectivity index (χ2n) is 5.33. The highest BCUT2D eigenvalue weighted by Crippen LogP contribution is 2.17. The van der Waals surface area contributed by atoms with E-state index in [-0.39, 0.29) is 5.56 Å². The number of pyridine rings is 1. The molecule has 0 saturated heterocycles. The van der Waals surface area contributed by atoms with Gasteiger partial charge in [0.2, 0.25) is 0 Å². The minimum atomic E-state index is -0.134. The van der Waals surface area contributed by atoms with Crippen LogP contribution in [0.15, 0.2) is 47.4 Å². The average molecular weight is 314 g/mol. The molecule has 0 radical (unpaired) electrons. The first-order valence-electron chi connectivity index (χ1n) is 7.02. The molecule has 22 heavy (non-hydrogen) atoms. The van der Waals surface area contributed by atoms with Crippen LogP contribution in [-0.2, 0) is 6.54 Å². The van der Waals surface area contributed by atoms with E-state index in [0.717, 1.165) is 11.3 Å². The molecule has 5 heteroatoms. The number of fused-ring (bicyclic) bond motifs is 1. The Balaban J connectivity index is 1.90. The summed E-state index contributed by atoms with van der Waals surface area (Å²) in [5.41, 5.74) is 4.57. The summed E-state index contributed by atoms with van der Waals surface area (Å²) in [5, 5.41) is 3.85. The summed E-state index contributed by atoms with van der Waals surface area (Å²) in [5.74, 6) is 0. The minimum absolute atomic E-state index is 0.134. The molecule has 3 aromatic rings. The molecule has 2 heterocycles. The Morgan fingerprint density at radius 1 is 1.18 bits per heavy atom. The van der Waals surface area contributed by atoms with E-state index in [1.165, 1.54) is 16.0 Å². The number of aryl methyl sites for hydroxylation is 2. The summed E-state index contributed by atoms with van der Waals surface area (Å²) in [7, 11) is 0. The van der Waals surface area contributed by atoms with Gasteiger partial charge < -0.3 is 5.32 Å². The Morgan fingerprint density at radius 2 is 2.00 bits per heavy atom. The van der Waals surface area contributed by atoms with Crippen LogP contribution in [0.5, 0.6) is 0 Å². The zero-order valence-corrected chi connectivity index (χ0v) is 13.2. The molecule has 0 spiro atoms. The zero-order chi connectivity index (χ0) is 15.7. The van der Waals surface area contributed by atoms with Gasteiger partial charge >= 0.3 is 0 Å². The van der Waals surface area contributed by atoms with Crippen molar-refractivity contribution in [3.63, 3.8) is 0 Å². The maximum absolute atomic E-state index is 12.1. The fourth-order valence-electron chi connectivity index (χ4n) is 2.33. The molecule has 0 aliphatic heterocycles. The van der Waals surface area contributed by atoms with Crippen molar-refractivity contribution in [2.45, 2.75) is 20.4 Å². The highest BCUT2D eigenvalue weighted by molar-refractivity contribution is 6.30. The van der Waals surface area contributed by atoms with E-state index in [1.54, 1.807) is 18.3 Å². The molecule has 0 aliphatic carbocycles. The first-order valence-corrected chi connectivity index (χ1v) is 7.40. The molecule has 1 aromatic carbocycles. The van der Waals surface area contributed by atoms with Crippen molar-refractivity contribution >= 4 is 22.9 Å². The lowest BCUT2D eigenvalue weighted by Gasteiger charge is -2.10. The second kappa shape index (κ2) is 5.81. The molecule has 2 aromatic heterocycles. The molecule has 4 nitrogen and oxygen atoms in total. The third-order valence-electron chi connectivity index (χ3n) is 3.53. The Labute approximate surface area is 133 Å². The summed E-state index contributed by atoms with van der Waals surface area (Å²) in [6.45, 7) is 4.60. The van der Waals surface area contributed by atoms with Crippen molar-refractivity contribution in [3.8, 4) is 0 Å². The topological polar surface area (TPSA) is 46.4 Å². The van der Waals surface area contributed by atoms with E-state index >= 15 is 0 Å². The van der Waals surface area contributed by atoms with E-state index in [0.29, 0.717) is 22.9 Å².